The summed E-state index contributed by atoms with van der Waals surface area (Å²) in [5, 5.41) is 13.3. The average molecular weight is 495 g/mol. The van der Waals surface area contributed by atoms with Crippen LogP contribution in [-0.2, 0) is 10.5 Å². The molecule has 9 heteroatoms. The van der Waals surface area contributed by atoms with Crippen molar-refractivity contribution in [3.63, 3.8) is 0 Å². The molecule has 0 aliphatic heterocycles. The summed E-state index contributed by atoms with van der Waals surface area (Å²) in [6.45, 7) is 7.89. The molecule has 3 rings (SSSR count). The molecule has 32 heavy (non-hydrogen) atoms. The van der Waals surface area contributed by atoms with Crippen LogP contribution in [0.15, 0.2) is 47.6 Å². The Morgan fingerprint density at radius 3 is 2.47 bits per heavy atom. The van der Waals surface area contributed by atoms with E-state index in [2.05, 4.69) is 15.5 Å². The second kappa shape index (κ2) is 10.2. The van der Waals surface area contributed by atoms with Gasteiger partial charge in [-0.1, -0.05) is 67.9 Å². The topological polar surface area (TPSA) is 59.8 Å². The highest BCUT2D eigenvalue weighted by Crippen LogP contribution is 2.32. The van der Waals surface area contributed by atoms with E-state index in [0.29, 0.717) is 38.9 Å². The van der Waals surface area contributed by atoms with Crippen LogP contribution >= 0.6 is 35.0 Å². The Labute approximate surface area is 201 Å². The summed E-state index contributed by atoms with van der Waals surface area (Å²) in [7, 11) is 0. The second-order valence-corrected chi connectivity index (χ2v) is 10.5. The standard InChI is InChI=1S/C23H25Cl2FN4OS/c1-14(27-20(31)12-23(2,3)4)21-28-29-22(32-13-15-5-8-17(26)9-6-15)30(21)19-10-7-16(24)11-18(19)25/h5-11,14H,12-13H2,1-4H3,(H,27,31). The number of carbonyl (C=O) groups excluding carboxylic acids is 1. The van der Waals surface area contributed by atoms with Gasteiger partial charge in [0.15, 0.2) is 11.0 Å². The lowest BCUT2D eigenvalue weighted by Crippen LogP contribution is -2.31. The molecule has 170 valence electrons. The first-order valence-electron chi connectivity index (χ1n) is 10.1. The molecule has 0 saturated heterocycles. The van der Waals surface area contributed by atoms with Gasteiger partial charge in [-0.05, 0) is 48.2 Å². The molecule has 5 nitrogen and oxygen atoms in total. The van der Waals surface area contributed by atoms with Crippen molar-refractivity contribution in [3.8, 4) is 5.69 Å². The lowest BCUT2D eigenvalue weighted by Gasteiger charge is -2.21. The minimum atomic E-state index is -0.399. The van der Waals surface area contributed by atoms with Crippen molar-refractivity contribution < 1.29 is 9.18 Å². The zero-order valence-corrected chi connectivity index (χ0v) is 20.7. The molecule has 3 aromatic rings. The van der Waals surface area contributed by atoms with Crippen molar-refractivity contribution in [1.29, 1.82) is 0 Å². The van der Waals surface area contributed by atoms with Crippen molar-refractivity contribution in [3.05, 3.63) is 69.7 Å². The third-order valence-electron chi connectivity index (χ3n) is 4.55. The van der Waals surface area contributed by atoms with Gasteiger partial charge in [-0.15, -0.1) is 10.2 Å². The summed E-state index contributed by atoms with van der Waals surface area (Å²) in [4.78, 5) is 12.5. The maximum atomic E-state index is 13.2. The van der Waals surface area contributed by atoms with Crippen LogP contribution in [0.1, 0.15) is 51.5 Å². The predicted octanol–water partition coefficient (Wildman–Crippen LogP) is 6.62. The molecule has 1 atom stereocenters. The Bertz CT molecular complexity index is 1100. The monoisotopic (exact) mass is 494 g/mol. The van der Waals surface area contributed by atoms with Crippen LogP contribution in [0, 0.1) is 11.2 Å². The van der Waals surface area contributed by atoms with Gasteiger partial charge in [0.25, 0.3) is 0 Å². The number of nitrogens with one attached hydrogen (secondary N) is 1. The molecule has 1 heterocycles. The van der Waals surface area contributed by atoms with Gasteiger partial charge in [0.05, 0.1) is 16.8 Å². The quantitative estimate of drug-likeness (QED) is 0.375. The van der Waals surface area contributed by atoms with Crippen molar-refractivity contribution in [2.75, 3.05) is 0 Å². The number of hydrogen-bond donors (Lipinski definition) is 1. The number of nitrogens with zero attached hydrogens (tertiary/aromatic N) is 3. The molecule has 0 radical (unpaired) electrons. The van der Waals surface area contributed by atoms with Gasteiger partial charge in [-0.25, -0.2) is 4.39 Å². The molecule has 1 N–H and O–H groups in total. The van der Waals surface area contributed by atoms with Gasteiger partial charge >= 0.3 is 0 Å². The van der Waals surface area contributed by atoms with Crippen LogP contribution < -0.4 is 5.32 Å². The Morgan fingerprint density at radius 1 is 1.16 bits per heavy atom. The first kappa shape index (κ1) is 24.6. The Balaban J connectivity index is 1.92. The van der Waals surface area contributed by atoms with Crippen LogP contribution in [0.3, 0.4) is 0 Å². The molecule has 1 aromatic heterocycles. The zero-order valence-electron chi connectivity index (χ0n) is 18.3. The molecular formula is C23H25Cl2FN4OS. The fourth-order valence-corrected chi connectivity index (χ4v) is 4.51. The highest BCUT2D eigenvalue weighted by molar-refractivity contribution is 7.98. The normalized spacial score (nSPS) is 12.6. The minimum absolute atomic E-state index is 0.0673. The Hall–Kier alpha value is -2.09. The van der Waals surface area contributed by atoms with Crippen molar-refractivity contribution >= 4 is 40.9 Å². The van der Waals surface area contributed by atoms with E-state index >= 15 is 0 Å². The summed E-state index contributed by atoms with van der Waals surface area (Å²) in [5.74, 6) is 0.770. The lowest BCUT2D eigenvalue weighted by molar-refractivity contribution is -0.123. The Morgan fingerprint density at radius 2 is 1.84 bits per heavy atom. The number of halogens is 3. The lowest BCUT2D eigenvalue weighted by atomic mass is 9.92. The van der Waals surface area contributed by atoms with Crippen LogP contribution in [-0.4, -0.2) is 20.7 Å². The second-order valence-electron chi connectivity index (χ2n) is 8.71. The van der Waals surface area contributed by atoms with E-state index in [4.69, 9.17) is 23.2 Å². The first-order chi connectivity index (χ1) is 15.0. The van der Waals surface area contributed by atoms with Crippen molar-refractivity contribution in [1.82, 2.24) is 20.1 Å². The fraction of sp³-hybridized carbons (Fsp3) is 0.348. The van der Waals surface area contributed by atoms with E-state index in [1.54, 1.807) is 30.3 Å². The Kier molecular flexibility index (Phi) is 7.85. The van der Waals surface area contributed by atoms with Gasteiger partial charge in [0, 0.05) is 17.2 Å². The molecule has 0 fully saturated rings. The molecular weight excluding hydrogens is 470 g/mol. The molecule has 0 aliphatic carbocycles. The molecule has 0 bridgehead atoms. The summed E-state index contributed by atoms with van der Waals surface area (Å²) in [6, 6.07) is 11.1. The number of hydrogen-bond acceptors (Lipinski definition) is 4. The van der Waals surface area contributed by atoms with Crippen molar-refractivity contribution in [2.45, 2.75) is 51.1 Å². The average Bonchev–Trinajstić information content (AvgIpc) is 3.10. The maximum Gasteiger partial charge on any atom is 0.221 e. The van der Waals surface area contributed by atoms with E-state index in [1.165, 1.54) is 23.9 Å². The van der Waals surface area contributed by atoms with E-state index in [0.717, 1.165) is 5.56 Å². The molecule has 1 amide bonds. The van der Waals surface area contributed by atoms with Crippen LogP contribution in [0.2, 0.25) is 10.0 Å². The smallest absolute Gasteiger partial charge is 0.221 e. The number of amides is 1. The third-order valence-corrected chi connectivity index (χ3v) is 6.08. The van der Waals surface area contributed by atoms with Gasteiger partial charge in [-0.2, -0.15) is 0 Å². The molecule has 2 aromatic carbocycles. The van der Waals surface area contributed by atoms with Crippen LogP contribution in [0.4, 0.5) is 4.39 Å². The first-order valence-corrected chi connectivity index (χ1v) is 11.8. The van der Waals surface area contributed by atoms with Gasteiger partial charge < -0.3 is 5.32 Å². The largest absolute Gasteiger partial charge is 0.346 e. The summed E-state index contributed by atoms with van der Waals surface area (Å²) in [6.07, 6.45) is 0.388. The van der Waals surface area contributed by atoms with E-state index in [1.807, 2.05) is 32.3 Å². The highest BCUT2D eigenvalue weighted by Gasteiger charge is 2.24. The molecule has 1 unspecified atom stereocenters. The van der Waals surface area contributed by atoms with Gasteiger partial charge in [0.2, 0.25) is 5.91 Å². The third kappa shape index (κ3) is 6.47. The van der Waals surface area contributed by atoms with Crippen molar-refractivity contribution in [2.24, 2.45) is 5.41 Å². The van der Waals surface area contributed by atoms with Crippen LogP contribution in [0.25, 0.3) is 5.69 Å². The summed E-state index contributed by atoms with van der Waals surface area (Å²) < 4.78 is 15.0. The summed E-state index contributed by atoms with van der Waals surface area (Å²) in [5.41, 5.74) is 1.48. The van der Waals surface area contributed by atoms with Gasteiger partial charge in [-0.3, -0.25) is 9.36 Å². The SMILES string of the molecule is CC(NC(=O)CC(C)(C)C)c1nnc(SCc2ccc(F)cc2)n1-c1ccc(Cl)cc1Cl. The molecule has 0 aliphatic rings. The minimum Gasteiger partial charge on any atom is -0.346 e. The number of thioether (sulfide) groups is 1. The zero-order chi connectivity index (χ0) is 23.5. The van der Waals surface area contributed by atoms with E-state index in [-0.39, 0.29) is 17.1 Å². The maximum absolute atomic E-state index is 13.2. The van der Waals surface area contributed by atoms with E-state index < -0.39 is 6.04 Å². The number of benzene rings is 2. The molecule has 0 spiro atoms. The number of carbonyl (C=O) groups is 1. The fourth-order valence-electron chi connectivity index (χ4n) is 3.11. The highest BCUT2D eigenvalue weighted by atomic mass is 35.5. The predicted molar refractivity (Wildman–Crippen MR) is 128 cm³/mol. The van der Waals surface area contributed by atoms with Crippen LogP contribution in [0.5, 0.6) is 0 Å². The number of rotatable bonds is 7. The summed E-state index contributed by atoms with van der Waals surface area (Å²) >= 11 is 14.0. The van der Waals surface area contributed by atoms with Gasteiger partial charge in [0.1, 0.15) is 5.82 Å². The number of aromatic nitrogens is 3. The van der Waals surface area contributed by atoms with E-state index in [9.17, 15) is 9.18 Å². The molecule has 0 saturated carbocycles.